The zero-order valence-corrected chi connectivity index (χ0v) is 14.0. The summed E-state index contributed by atoms with van der Waals surface area (Å²) >= 11 is 0. The highest BCUT2D eigenvalue weighted by atomic mass is 16.5. The van der Waals surface area contributed by atoms with E-state index in [-0.39, 0.29) is 12.1 Å². The second kappa shape index (κ2) is 7.84. The number of ether oxygens (including phenoxy) is 1. The Hall–Kier alpha value is -2.26. The van der Waals surface area contributed by atoms with Crippen LogP contribution in [-0.2, 0) is 0 Å². The fourth-order valence-corrected chi connectivity index (χ4v) is 2.73. The van der Waals surface area contributed by atoms with Crippen molar-refractivity contribution in [1.82, 2.24) is 14.7 Å². The number of piperazine rings is 1. The van der Waals surface area contributed by atoms with Crippen molar-refractivity contribution in [2.45, 2.75) is 13.0 Å². The lowest BCUT2D eigenvalue weighted by atomic mass is 10.1. The summed E-state index contributed by atoms with van der Waals surface area (Å²) in [5, 5.41) is 9.56. The van der Waals surface area contributed by atoms with Crippen molar-refractivity contribution in [1.29, 1.82) is 5.26 Å². The van der Waals surface area contributed by atoms with Gasteiger partial charge in [-0.25, -0.2) is 4.79 Å². The normalized spacial score (nSPS) is 16.5. The molecule has 0 spiro atoms. The van der Waals surface area contributed by atoms with E-state index in [2.05, 4.69) is 11.0 Å². The topological polar surface area (TPSA) is 59.8 Å². The molecule has 6 nitrogen and oxygen atoms in total. The molecule has 124 valence electrons. The fourth-order valence-electron chi connectivity index (χ4n) is 2.73. The number of carbonyl (C=O) groups is 1. The number of carbonyl (C=O) groups excluding carboxylic acids is 1. The Kier molecular flexibility index (Phi) is 5.83. The van der Waals surface area contributed by atoms with E-state index >= 15 is 0 Å². The third kappa shape index (κ3) is 4.14. The molecule has 1 unspecified atom stereocenters. The largest absolute Gasteiger partial charge is 0.494 e. The molecule has 1 aliphatic heterocycles. The van der Waals surface area contributed by atoms with E-state index in [1.807, 2.05) is 36.1 Å². The van der Waals surface area contributed by atoms with Gasteiger partial charge in [0.1, 0.15) is 11.8 Å². The van der Waals surface area contributed by atoms with Crippen molar-refractivity contribution < 1.29 is 9.53 Å². The Balaban J connectivity index is 2.00. The average molecular weight is 316 g/mol. The summed E-state index contributed by atoms with van der Waals surface area (Å²) in [6.07, 6.45) is 0. The van der Waals surface area contributed by atoms with Crippen LogP contribution in [0.5, 0.6) is 5.75 Å². The summed E-state index contributed by atoms with van der Waals surface area (Å²) < 4.78 is 5.44. The van der Waals surface area contributed by atoms with Gasteiger partial charge in [0.15, 0.2) is 0 Å². The number of urea groups is 1. The molecule has 2 amide bonds. The van der Waals surface area contributed by atoms with Gasteiger partial charge in [0.2, 0.25) is 0 Å². The molecule has 1 aliphatic rings. The summed E-state index contributed by atoms with van der Waals surface area (Å²) in [4.78, 5) is 17.5. The van der Waals surface area contributed by atoms with Crippen LogP contribution in [0.2, 0.25) is 0 Å². The van der Waals surface area contributed by atoms with Crippen LogP contribution in [0.4, 0.5) is 4.79 Å². The van der Waals surface area contributed by atoms with Gasteiger partial charge >= 0.3 is 6.03 Å². The Morgan fingerprint density at radius 2 is 1.87 bits per heavy atom. The van der Waals surface area contributed by atoms with Crippen LogP contribution >= 0.6 is 0 Å². The van der Waals surface area contributed by atoms with Crippen LogP contribution in [0.25, 0.3) is 0 Å². The van der Waals surface area contributed by atoms with Crippen LogP contribution in [-0.4, -0.2) is 67.6 Å². The predicted octanol–water partition coefficient (Wildman–Crippen LogP) is 1.95. The van der Waals surface area contributed by atoms with Gasteiger partial charge in [0.25, 0.3) is 0 Å². The molecule has 1 heterocycles. The molecule has 2 rings (SSSR count). The second-order valence-electron chi connectivity index (χ2n) is 5.73. The molecule has 1 aromatic rings. The lowest BCUT2D eigenvalue weighted by molar-refractivity contribution is 0.111. The van der Waals surface area contributed by atoms with E-state index in [0.29, 0.717) is 32.8 Å². The van der Waals surface area contributed by atoms with E-state index in [4.69, 9.17) is 4.74 Å². The number of hydrogen-bond acceptors (Lipinski definition) is 4. The first-order chi connectivity index (χ1) is 11.1. The standard InChI is InChI=1S/C17H24N4O2/c1-4-23-15-7-5-14(6-8-15)16(13-18)20-9-11-21(12-10-20)17(22)19(2)3/h5-8,16H,4,9-12H2,1-3H3. The second-order valence-corrected chi connectivity index (χ2v) is 5.73. The minimum absolute atomic E-state index is 0.0271. The summed E-state index contributed by atoms with van der Waals surface area (Å²) in [5.41, 5.74) is 0.961. The molecule has 0 aromatic heterocycles. The number of benzene rings is 1. The van der Waals surface area contributed by atoms with Crippen molar-refractivity contribution >= 4 is 6.03 Å². The van der Waals surface area contributed by atoms with E-state index < -0.39 is 0 Å². The van der Waals surface area contributed by atoms with E-state index in [9.17, 15) is 10.1 Å². The molecule has 0 N–H and O–H groups in total. The minimum atomic E-state index is -0.290. The summed E-state index contributed by atoms with van der Waals surface area (Å²) in [5.74, 6) is 0.814. The summed E-state index contributed by atoms with van der Waals surface area (Å²) in [6, 6.07) is 9.79. The lowest BCUT2D eigenvalue weighted by Gasteiger charge is -2.37. The number of nitriles is 1. The number of nitrogens with zero attached hydrogens (tertiary/aromatic N) is 4. The van der Waals surface area contributed by atoms with Crippen molar-refractivity contribution in [2.75, 3.05) is 46.9 Å². The highest BCUT2D eigenvalue weighted by molar-refractivity contribution is 5.73. The van der Waals surface area contributed by atoms with Gasteiger partial charge in [0, 0.05) is 40.3 Å². The molecule has 1 atom stereocenters. The third-order valence-electron chi connectivity index (χ3n) is 3.96. The first-order valence-electron chi connectivity index (χ1n) is 7.89. The van der Waals surface area contributed by atoms with E-state index in [1.54, 1.807) is 19.0 Å². The molecular formula is C17H24N4O2. The van der Waals surface area contributed by atoms with Gasteiger partial charge < -0.3 is 14.5 Å². The highest BCUT2D eigenvalue weighted by Crippen LogP contribution is 2.24. The maximum atomic E-state index is 12.0. The monoisotopic (exact) mass is 316 g/mol. The van der Waals surface area contributed by atoms with Gasteiger partial charge in [0.05, 0.1) is 12.7 Å². The Morgan fingerprint density at radius 3 is 2.35 bits per heavy atom. The number of hydrogen-bond donors (Lipinski definition) is 0. The van der Waals surface area contributed by atoms with Crippen LogP contribution in [0, 0.1) is 11.3 Å². The number of rotatable bonds is 4. The Bertz CT molecular complexity index is 557. The average Bonchev–Trinajstić information content (AvgIpc) is 2.57. The number of amides is 2. The molecule has 1 aromatic carbocycles. The highest BCUT2D eigenvalue weighted by Gasteiger charge is 2.27. The maximum absolute atomic E-state index is 12.0. The molecule has 0 saturated carbocycles. The van der Waals surface area contributed by atoms with Crippen LogP contribution in [0.1, 0.15) is 18.5 Å². The van der Waals surface area contributed by atoms with Crippen LogP contribution in [0.15, 0.2) is 24.3 Å². The van der Waals surface area contributed by atoms with Crippen molar-refractivity contribution in [3.05, 3.63) is 29.8 Å². The summed E-state index contributed by atoms with van der Waals surface area (Å²) in [6.45, 7) is 5.26. The SMILES string of the molecule is CCOc1ccc(C(C#N)N2CCN(C(=O)N(C)C)CC2)cc1. The van der Waals surface area contributed by atoms with E-state index in [0.717, 1.165) is 11.3 Å². The Labute approximate surface area is 137 Å². The van der Waals surface area contributed by atoms with Crippen LogP contribution in [0.3, 0.4) is 0 Å². The molecule has 6 heteroatoms. The summed E-state index contributed by atoms with van der Waals surface area (Å²) in [7, 11) is 3.51. The molecule has 0 radical (unpaired) electrons. The molecular weight excluding hydrogens is 292 g/mol. The van der Waals surface area contributed by atoms with Gasteiger partial charge in [-0.15, -0.1) is 0 Å². The van der Waals surface area contributed by atoms with Crippen LogP contribution < -0.4 is 4.74 Å². The maximum Gasteiger partial charge on any atom is 0.319 e. The molecule has 0 aliphatic carbocycles. The minimum Gasteiger partial charge on any atom is -0.494 e. The molecule has 0 bridgehead atoms. The lowest BCUT2D eigenvalue weighted by Crippen LogP contribution is -2.52. The van der Waals surface area contributed by atoms with E-state index in [1.165, 1.54) is 0 Å². The fraction of sp³-hybridized carbons (Fsp3) is 0.529. The van der Waals surface area contributed by atoms with Gasteiger partial charge in [-0.2, -0.15) is 5.26 Å². The van der Waals surface area contributed by atoms with Crippen molar-refractivity contribution in [2.24, 2.45) is 0 Å². The third-order valence-corrected chi connectivity index (χ3v) is 3.96. The quantitative estimate of drug-likeness (QED) is 0.852. The smallest absolute Gasteiger partial charge is 0.319 e. The molecule has 1 fully saturated rings. The van der Waals surface area contributed by atoms with Gasteiger partial charge in [-0.3, -0.25) is 4.90 Å². The first kappa shape index (κ1) is 17.1. The van der Waals surface area contributed by atoms with Crippen molar-refractivity contribution in [3.63, 3.8) is 0 Å². The van der Waals surface area contributed by atoms with Gasteiger partial charge in [-0.05, 0) is 24.6 Å². The first-order valence-corrected chi connectivity index (χ1v) is 7.89. The zero-order chi connectivity index (χ0) is 16.8. The van der Waals surface area contributed by atoms with Crippen molar-refractivity contribution in [3.8, 4) is 11.8 Å². The molecule has 23 heavy (non-hydrogen) atoms. The zero-order valence-electron chi connectivity index (χ0n) is 14.0. The predicted molar refractivity (Wildman–Crippen MR) is 88.2 cm³/mol. The molecule has 1 saturated heterocycles. The van der Waals surface area contributed by atoms with Gasteiger partial charge in [-0.1, -0.05) is 12.1 Å². The Morgan fingerprint density at radius 1 is 1.26 bits per heavy atom.